The van der Waals surface area contributed by atoms with Gasteiger partial charge in [0.1, 0.15) is 23.8 Å². The van der Waals surface area contributed by atoms with Gasteiger partial charge in [0.15, 0.2) is 17.7 Å². The molecule has 0 amide bonds. The Morgan fingerprint density at radius 1 is 1.16 bits per heavy atom. The molecule has 2 aromatic rings. The molecule has 4 atom stereocenters. The van der Waals surface area contributed by atoms with Crippen LogP contribution in [0.15, 0.2) is 6.33 Å². The van der Waals surface area contributed by atoms with E-state index < -0.39 is 36.7 Å². The summed E-state index contributed by atoms with van der Waals surface area (Å²) >= 11 is 0. The third kappa shape index (κ3) is 4.72. The molecule has 2 aliphatic rings. The number of aliphatic hydroxyl groups is 4. The van der Waals surface area contributed by atoms with E-state index in [0.29, 0.717) is 17.6 Å². The SMILES string of the molecule is Nc1nc(C#CCCCC2(O)CCCCCC2)nc2c1ncn2[C@@H]1O[C@H](CO)C(O)C1O. The third-order valence-electron chi connectivity index (χ3n) is 6.42. The fourth-order valence-electron chi connectivity index (χ4n) is 4.57. The highest BCUT2D eigenvalue weighted by molar-refractivity contribution is 5.82. The van der Waals surface area contributed by atoms with Crippen molar-refractivity contribution in [3.63, 3.8) is 0 Å². The van der Waals surface area contributed by atoms with Crippen LogP contribution in [0.2, 0.25) is 0 Å². The first kappa shape index (κ1) is 22.9. The number of hydrogen-bond donors (Lipinski definition) is 5. The first-order chi connectivity index (χ1) is 15.4. The number of nitrogens with zero attached hydrogens (tertiary/aromatic N) is 4. The van der Waals surface area contributed by atoms with Gasteiger partial charge in [-0.3, -0.25) is 4.57 Å². The number of aliphatic hydroxyl groups excluding tert-OH is 3. The van der Waals surface area contributed by atoms with Gasteiger partial charge >= 0.3 is 0 Å². The van der Waals surface area contributed by atoms with Crippen LogP contribution < -0.4 is 5.73 Å². The maximum atomic E-state index is 10.7. The summed E-state index contributed by atoms with van der Waals surface area (Å²) in [5.74, 6) is 6.34. The van der Waals surface area contributed by atoms with Gasteiger partial charge in [-0.05, 0) is 31.6 Å². The van der Waals surface area contributed by atoms with Crippen LogP contribution in [0.5, 0.6) is 0 Å². The second-order valence-corrected chi connectivity index (χ2v) is 8.78. The molecule has 0 radical (unpaired) electrons. The largest absolute Gasteiger partial charge is 0.394 e. The van der Waals surface area contributed by atoms with E-state index in [0.717, 1.165) is 38.5 Å². The number of hydrogen-bond acceptors (Lipinski definition) is 9. The monoisotopic (exact) mass is 445 g/mol. The summed E-state index contributed by atoms with van der Waals surface area (Å²) in [7, 11) is 0. The molecule has 2 fully saturated rings. The quantitative estimate of drug-likeness (QED) is 0.253. The molecule has 3 heterocycles. The molecule has 10 nitrogen and oxygen atoms in total. The molecule has 0 aromatic carbocycles. The summed E-state index contributed by atoms with van der Waals surface area (Å²) in [6.45, 7) is -0.426. The Hall–Kier alpha value is -2.29. The van der Waals surface area contributed by atoms with Crippen molar-refractivity contribution in [1.82, 2.24) is 19.5 Å². The lowest BCUT2D eigenvalue weighted by Crippen LogP contribution is -2.33. The van der Waals surface area contributed by atoms with Gasteiger partial charge in [0, 0.05) is 6.42 Å². The lowest BCUT2D eigenvalue weighted by atomic mass is 9.89. The predicted octanol–water partition coefficient (Wildman–Crippen LogP) is 0.627. The molecular formula is C22H31N5O5. The number of ether oxygens (including phenoxy) is 1. The van der Waals surface area contributed by atoms with Crippen LogP contribution in [-0.4, -0.2) is 70.5 Å². The molecule has 1 saturated carbocycles. The number of nitrogen functional groups attached to an aromatic ring is 1. The van der Waals surface area contributed by atoms with Gasteiger partial charge in [-0.25, -0.2) is 15.0 Å². The summed E-state index contributed by atoms with van der Waals surface area (Å²) in [4.78, 5) is 12.8. The van der Waals surface area contributed by atoms with E-state index in [9.17, 15) is 20.4 Å². The zero-order valence-corrected chi connectivity index (χ0v) is 18.0. The minimum absolute atomic E-state index is 0.151. The number of anilines is 1. The van der Waals surface area contributed by atoms with Crippen LogP contribution in [0.3, 0.4) is 0 Å². The van der Waals surface area contributed by atoms with Crippen LogP contribution in [0, 0.1) is 11.8 Å². The van der Waals surface area contributed by atoms with E-state index in [1.54, 1.807) is 0 Å². The van der Waals surface area contributed by atoms with Crippen molar-refractivity contribution in [2.45, 2.75) is 87.9 Å². The Kier molecular flexibility index (Phi) is 6.93. The number of fused-ring (bicyclic) bond motifs is 1. The molecule has 174 valence electrons. The predicted molar refractivity (Wildman–Crippen MR) is 116 cm³/mol. The number of imidazole rings is 1. The van der Waals surface area contributed by atoms with E-state index in [1.165, 1.54) is 23.7 Å². The van der Waals surface area contributed by atoms with Crippen LogP contribution in [0.25, 0.3) is 11.2 Å². The number of rotatable bonds is 5. The molecule has 4 rings (SSSR count). The van der Waals surface area contributed by atoms with Gasteiger partial charge in [0.25, 0.3) is 0 Å². The second-order valence-electron chi connectivity index (χ2n) is 8.78. The molecule has 0 bridgehead atoms. The van der Waals surface area contributed by atoms with Gasteiger partial charge in [-0.15, -0.1) is 0 Å². The zero-order valence-electron chi connectivity index (χ0n) is 18.0. The maximum absolute atomic E-state index is 10.7. The molecule has 10 heteroatoms. The average Bonchev–Trinajstić information content (AvgIpc) is 3.23. The topological polar surface area (TPSA) is 160 Å². The fraction of sp³-hybridized carbons (Fsp3) is 0.682. The molecule has 2 aromatic heterocycles. The third-order valence-corrected chi connectivity index (χ3v) is 6.42. The Bertz CT molecular complexity index is 992. The normalized spacial score (nSPS) is 27.8. The highest BCUT2D eigenvalue weighted by Gasteiger charge is 2.44. The molecular weight excluding hydrogens is 414 g/mol. The first-order valence-corrected chi connectivity index (χ1v) is 11.3. The molecule has 32 heavy (non-hydrogen) atoms. The van der Waals surface area contributed by atoms with E-state index in [1.807, 2.05) is 0 Å². The van der Waals surface area contributed by atoms with Gasteiger partial charge in [0.2, 0.25) is 5.82 Å². The highest BCUT2D eigenvalue weighted by Crippen LogP contribution is 2.32. The average molecular weight is 446 g/mol. The van der Waals surface area contributed by atoms with Crippen LogP contribution >= 0.6 is 0 Å². The van der Waals surface area contributed by atoms with E-state index in [2.05, 4.69) is 26.8 Å². The van der Waals surface area contributed by atoms with Crippen molar-refractivity contribution in [1.29, 1.82) is 0 Å². The van der Waals surface area contributed by atoms with Crippen molar-refractivity contribution >= 4 is 17.0 Å². The zero-order chi connectivity index (χ0) is 22.7. The van der Waals surface area contributed by atoms with E-state index in [-0.39, 0.29) is 11.6 Å². The standard InChI is InChI=1S/C22H31N5O5/c23-19-16-20(27(13-24-16)21-18(30)17(29)14(12-28)32-21)26-15(25-19)8-4-3-7-11-22(31)9-5-1-2-6-10-22/h13-14,17-18,21,28-31H,1-3,5-7,9-12H2,(H2,23,25,26)/t14-,17?,18?,21-/m1/s1. The van der Waals surface area contributed by atoms with E-state index in [4.69, 9.17) is 10.5 Å². The Morgan fingerprint density at radius 2 is 1.91 bits per heavy atom. The van der Waals surface area contributed by atoms with Crippen LogP contribution in [0.1, 0.15) is 69.8 Å². The maximum Gasteiger partial charge on any atom is 0.208 e. The second kappa shape index (κ2) is 9.68. The lowest BCUT2D eigenvalue weighted by molar-refractivity contribution is -0.0511. The number of unbranched alkanes of at least 4 members (excludes halogenated alkanes) is 1. The fourth-order valence-corrected chi connectivity index (χ4v) is 4.57. The minimum Gasteiger partial charge on any atom is -0.394 e. The molecule has 1 aliphatic carbocycles. The molecule has 1 saturated heterocycles. The summed E-state index contributed by atoms with van der Waals surface area (Å²) in [6, 6.07) is 0. The van der Waals surface area contributed by atoms with Crippen molar-refractivity contribution in [3.05, 3.63) is 12.2 Å². The van der Waals surface area contributed by atoms with Crippen molar-refractivity contribution < 1.29 is 25.2 Å². The van der Waals surface area contributed by atoms with Crippen LogP contribution in [-0.2, 0) is 4.74 Å². The van der Waals surface area contributed by atoms with Crippen LogP contribution in [0.4, 0.5) is 5.82 Å². The van der Waals surface area contributed by atoms with Gasteiger partial charge in [-0.1, -0.05) is 31.6 Å². The molecule has 1 aliphatic heterocycles. The first-order valence-electron chi connectivity index (χ1n) is 11.3. The Balaban J connectivity index is 1.46. The van der Waals surface area contributed by atoms with Crippen molar-refractivity contribution in [2.24, 2.45) is 0 Å². The molecule has 6 N–H and O–H groups in total. The van der Waals surface area contributed by atoms with Gasteiger partial charge in [-0.2, -0.15) is 0 Å². The van der Waals surface area contributed by atoms with E-state index >= 15 is 0 Å². The number of nitrogens with two attached hydrogens (primary N) is 1. The highest BCUT2D eigenvalue weighted by atomic mass is 16.6. The lowest BCUT2D eigenvalue weighted by Gasteiger charge is -2.26. The van der Waals surface area contributed by atoms with Crippen molar-refractivity contribution in [3.8, 4) is 11.8 Å². The minimum atomic E-state index is -1.26. The molecule has 0 spiro atoms. The Morgan fingerprint density at radius 3 is 2.59 bits per heavy atom. The van der Waals surface area contributed by atoms with Crippen molar-refractivity contribution in [2.75, 3.05) is 12.3 Å². The summed E-state index contributed by atoms with van der Waals surface area (Å²) < 4.78 is 7.03. The molecule has 2 unspecified atom stereocenters. The Labute approximate surface area is 186 Å². The number of aromatic nitrogens is 4. The summed E-state index contributed by atoms with van der Waals surface area (Å²) in [5, 5.41) is 40.4. The summed E-state index contributed by atoms with van der Waals surface area (Å²) in [5.41, 5.74) is 6.12. The smallest absolute Gasteiger partial charge is 0.208 e. The van der Waals surface area contributed by atoms with Gasteiger partial charge in [0.05, 0.1) is 18.5 Å². The van der Waals surface area contributed by atoms with Gasteiger partial charge < -0.3 is 30.9 Å². The summed E-state index contributed by atoms with van der Waals surface area (Å²) in [6.07, 6.45) is 5.46.